The maximum absolute atomic E-state index is 11.1. The van der Waals surface area contributed by atoms with Crippen LogP contribution in [0, 0.1) is 0 Å². The van der Waals surface area contributed by atoms with Gasteiger partial charge in [0.25, 0.3) is 0 Å². The lowest BCUT2D eigenvalue weighted by molar-refractivity contribution is -0.0295. The van der Waals surface area contributed by atoms with Crippen LogP contribution in [0.4, 0.5) is 0 Å². The molecule has 1 saturated heterocycles. The SMILES string of the molecule is CCOc1cccc(C(O)C(CC)(CC)N2CCCC2)c1. The lowest BCUT2D eigenvalue weighted by atomic mass is 9.81. The molecule has 3 heteroatoms. The zero-order valence-electron chi connectivity index (χ0n) is 13.6. The molecule has 1 aliphatic heterocycles. The van der Waals surface area contributed by atoms with E-state index in [1.165, 1.54) is 12.8 Å². The molecule has 1 aromatic rings. The van der Waals surface area contributed by atoms with Gasteiger partial charge >= 0.3 is 0 Å². The van der Waals surface area contributed by atoms with Gasteiger partial charge in [-0.2, -0.15) is 0 Å². The average molecular weight is 291 g/mol. The molecule has 1 atom stereocenters. The Balaban J connectivity index is 2.29. The molecule has 1 unspecified atom stereocenters. The number of aliphatic hydroxyl groups excluding tert-OH is 1. The van der Waals surface area contributed by atoms with Crippen molar-refractivity contribution in [1.82, 2.24) is 4.90 Å². The van der Waals surface area contributed by atoms with E-state index in [4.69, 9.17) is 4.74 Å². The summed E-state index contributed by atoms with van der Waals surface area (Å²) in [4.78, 5) is 2.49. The second-order valence-corrected chi connectivity index (χ2v) is 5.91. The summed E-state index contributed by atoms with van der Waals surface area (Å²) in [5.74, 6) is 0.844. The van der Waals surface area contributed by atoms with Crippen LogP contribution in [0.1, 0.15) is 58.1 Å². The van der Waals surface area contributed by atoms with Gasteiger partial charge < -0.3 is 9.84 Å². The van der Waals surface area contributed by atoms with Gasteiger partial charge in [0, 0.05) is 0 Å². The van der Waals surface area contributed by atoms with Crippen LogP contribution >= 0.6 is 0 Å². The number of hydrogen-bond donors (Lipinski definition) is 1. The van der Waals surface area contributed by atoms with Crippen molar-refractivity contribution in [2.75, 3.05) is 19.7 Å². The Morgan fingerprint density at radius 2 is 1.86 bits per heavy atom. The molecule has 0 spiro atoms. The van der Waals surface area contributed by atoms with E-state index < -0.39 is 6.10 Å². The van der Waals surface area contributed by atoms with Crippen molar-refractivity contribution in [2.45, 2.75) is 58.1 Å². The van der Waals surface area contributed by atoms with Gasteiger partial charge in [-0.3, -0.25) is 4.90 Å². The van der Waals surface area contributed by atoms with E-state index in [1.807, 2.05) is 31.2 Å². The fourth-order valence-electron chi connectivity index (χ4n) is 3.67. The minimum absolute atomic E-state index is 0.151. The van der Waals surface area contributed by atoms with E-state index in [2.05, 4.69) is 18.7 Å². The maximum Gasteiger partial charge on any atom is 0.119 e. The molecule has 0 saturated carbocycles. The topological polar surface area (TPSA) is 32.7 Å². The largest absolute Gasteiger partial charge is 0.494 e. The first-order chi connectivity index (χ1) is 10.2. The van der Waals surface area contributed by atoms with Crippen LogP contribution in [0.3, 0.4) is 0 Å². The second-order valence-electron chi connectivity index (χ2n) is 5.91. The number of aliphatic hydroxyl groups is 1. The molecule has 0 bridgehead atoms. The molecule has 1 fully saturated rings. The predicted molar refractivity (Wildman–Crippen MR) is 86.7 cm³/mol. The third-order valence-corrected chi connectivity index (χ3v) is 4.95. The molecule has 118 valence electrons. The lowest BCUT2D eigenvalue weighted by Gasteiger charge is -2.44. The van der Waals surface area contributed by atoms with Crippen LogP contribution in [0.5, 0.6) is 5.75 Å². The van der Waals surface area contributed by atoms with Crippen LogP contribution in [-0.4, -0.2) is 35.2 Å². The van der Waals surface area contributed by atoms with Crippen molar-refractivity contribution >= 4 is 0 Å². The summed E-state index contributed by atoms with van der Waals surface area (Å²) in [7, 11) is 0. The van der Waals surface area contributed by atoms with Gasteiger partial charge in [-0.25, -0.2) is 0 Å². The Labute approximate surface area is 128 Å². The predicted octanol–water partition coefficient (Wildman–Crippen LogP) is 3.77. The highest BCUT2D eigenvalue weighted by Crippen LogP contribution is 2.40. The first kappa shape index (κ1) is 16.3. The molecule has 1 N–H and O–H groups in total. The summed E-state index contributed by atoms with van der Waals surface area (Å²) >= 11 is 0. The number of benzene rings is 1. The van der Waals surface area contributed by atoms with Gasteiger partial charge in [-0.05, 0) is 63.4 Å². The number of nitrogens with zero attached hydrogens (tertiary/aromatic N) is 1. The summed E-state index contributed by atoms with van der Waals surface area (Å²) in [5, 5.41) is 11.1. The molecule has 1 aromatic carbocycles. The third kappa shape index (κ3) is 3.24. The molecular weight excluding hydrogens is 262 g/mol. The second kappa shape index (κ2) is 7.28. The Morgan fingerprint density at radius 1 is 1.19 bits per heavy atom. The maximum atomic E-state index is 11.1. The van der Waals surface area contributed by atoms with E-state index in [1.54, 1.807) is 0 Å². The number of likely N-dealkylation sites (tertiary alicyclic amines) is 1. The number of hydrogen-bond acceptors (Lipinski definition) is 3. The van der Waals surface area contributed by atoms with Crippen molar-refractivity contribution in [1.29, 1.82) is 0 Å². The number of rotatable bonds is 7. The lowest BCUT2D eigenvalue weighted by Crippen LogP contribution is -2.51. The monoisotopic (exact) mass is 291 g/mol. The average Bonchev–Trinajstić information content (AvgIpc) is 3.04. The van der Waals surface area contributed by atoms with Crippen molar-refractivity contribution < 1.29 is 9.84 Å². The van der Waals surface area contributed by atoms with E-state index in [9.17, 15) is 5.11 Å². The fourth-order valence-corrected chi connectivity index (χ4v) is 3.67. The Kier molecular flexibility index (Phi) is 5.65. The van der Waals surface area contributed by atoms with Crippen molar-refractivity contribution in [3.05, 3.63) is 29.8 Å². The van der Waals surface area contributed by atoms with Crippen LogP contribution in [0.15, 0.2) is 24.3 Å². The quantitative estimate of drug-likeness (QED) is 0.830. The first-order valence-corrected chi connectivity index (χ1v) is 8.33. The Bertz CT molecular complexity index is 437. The molecule has 0 aliphatic carbocycles. The number of ether oxygens (including phenoxy) is 1. The molecule has 0 amide bonds. The van der Waals surface area contributed by atoms with Gasteiger partial charge in [0.05, 0.1) is 18.2 Å². The van der Waals surface area contributed by atoms with Crippen LogP contribution in [0.25, 0.3) is 0 Å². The standard InChI is InChI=1S/C18H29NO2/c1-4-18(5-2,19-12-7-8-13-19)17(20)15-10-9-11-16(14-15)21-6-3/h9-11,14,17,20H,4-8,12-13H2,1-3H3. The molecule has 0 radical (unpaired) electrons. The molecular formula is C18H29NO2. The minimum atomic E-state index is -0.467. The van der Waals surface area contributed by atoms with Crippen molar-refractivity contribution in [3.63, 3.8) is 0 Å². The highest BCUT2D eigenvalue weighted by molar-refractivity contribution is 5.31. The summed E-state index contributed by atoms with van der Waals surface area (Å²) in [6, 6.07) is 7.94. The van der Waals surface area contributed by atoms with Gasteiger partial charge in [0.2, 0.25) is 0 Å². The van der Waals surface area contributed by atoms with Crippen LogP contribution in [0.2, 0.25) is 0 Å². The first-order valence-electron chi connectivity index (χ1n) is 8.33. The summed E-state index contributed by atoms with van der Waals surface area (Å²) in [6.45, 7) is 9.22. The van der Waals surface area contributed by atoms with Crippen molar-refractivity contribution in [2.24, 2.45) is 0 Å². The highest BCUT2D eigenvalue weighted by Gasteiger charge is 2.42. The van der Waals surface area contributed by atoms with Crippen LogP contribution < -0.4 is 4.74 Å². The van der Waals surface area contributed by atoms with E-state index >= 15 is 0 Å². The molecule has 21 heavy (non-hydrogen) atoms. The summed E-state index contributed by atoms with van der Waals surface area (Å²) < 4.78 is 5.58. The molecule has 1 heterocycles. The Morgan fingerprint density at radius 3 is 2.43 bits per heavy atom. The molecule has 1 aliphatic rings. The summed E-state index contributed by atoms with van der Waals surface area (Å²) in [6.07, 6.45) is 3.94. The Hall–Kier alpha value is -1.06. The zero-order chi connectivity index (χ0) is 15.3. The van der Waals surface area contributed by atoms with Gasteiger partial charge in [0.15, 0.2) is 0 Å². The normalized spacial score (nSPS) is 17.9. The van der Waals surface area contributed by atoms with E-state index in [0.29, 0.717) is 6.61 Å². The van der Waals surface area contributed by atoms with Crippen molar-refractivity contribution in [3.8, 4) is 5.75 Å². The zero-order valence-corrected chi connectivity index (χ0v) is 13.6. The third-order valence-electron chi connectivity index (χ3n) is 4.95. The molecule has 0 aromatic heterocycles. The van der Waals surface area contributed by atoms with Crippen LogP contribution in [-0.2, 0) is 0 Å². The van der Waals surface area contributed by atoms with E-state index in [0.717, 1.165) is 37.2 Å². The smallest absolute Gasteiger partial charge is 0.119 e. The molecule has 2 rings (SSSR count). The van der Waals surface area contributed by atoms with Gasteiger partial charge in [-0.1, -0.05) is 26.0 Å². The minimum Gasteiger partial charge on any atom is -0.494 e. The molecule has 3 nitrogen and oxygen atoms in total. The highest BCUT2D eigenvalue weighted by atomic mass is 16.5. The van der Waals surface area contributed by atoms with E-state index in [-0.39, 0.29) is 5.54 Å². The fraction of sp³-hybridized carbons (Fsp3) is 0.667. The van der Waals surface area contributed by atoms with Gasteiger partial charge in [-0.15, -0.1) is 0 Å². The van der Waals surface area contributed by atoms with Gasteiger partial charge in [0.1, 0.15) is 5.75 Å². The summed E-state index contributed by atoms with van der Waals surface area (Å²) in [5.41, 5.74) is 0.818.